The molecule has 0 fully saturated rings. The van der Waals surface area contributed by atoms with Crippen LogP contribution < -0.4 is 15.4 Å². The van der Waals surface area contributed by atoms with E-state index in [1.54, 1.807) is 7.11 Å². The number of hydrogen-bond donors (Lipinski definition) is 2. The van der Waals surface area contributed by atoms with Crippen LogP contribution in [0, 0.1) is 6.92 Å². The van der Waals surface area contributed by atoms with Crippen molar-refractivity contribution in [2.45, 2.75) is 13.3 Å². The fourth-order valence-electron chi connectivity index (χ4n) is 2.05. The molecule has 5 heteroatoms. The van der Waals surface area contributed by atoms with Crippen molar-refractivity contribution in [1.29, 1.82) is 0 Å². The lowest BCUT2D eigenvalue weighted by molar-refractivity contribution is 0.414. The Labute approximate surface area is 145 Å². The van der Waals surface area contributed by atoms with Crippen LogP contribution in [-0.4, -0.2) is 18.8 Å². The maximum atomic E-state index is 5.33. The van der Waals surface area contributed by atoms with E-state index in [1.165, 1.54) is 5.56 Å². The van der Waals surface area contributed by atoms with Gasteiger partial charge in [-0.05, 0) is 67.0 Å². The minimum absolute atomic E-state index is 0.638. The minimum atomic E-state index is 0.638. The average Bonchev–Trinajstić information content (AvgIpc) is 2.51. The van der Waals surface area contributed by atoms with Gasteiger partial charge in [0, 0.05) is 16.7 Å². The van der Waals surface area contributed by atoms with Gasteiger partial charge in [0.15, 0.2) is 5.11 Å². The van der Waals surface area contributed by atoms with Crippen molar-refractivity contribution in [3.63, 3.8) is 0 Å². The summed E-state index contributed by atoms with van der Waals surface area (Å²) in [7, 11) is 1.67. The SMILES string of the molecule is COc1ccc(CCNC(=S)Nc2ccc(Br)cc2C)cc1. The third-order valence-corrected chi connectivity index (χ3v) is 4.03. The summed E-state index contributed by atoms with van der Waals surface area (Å²) in [6.07, 6.45) is 0.908. The van der Waals surface area contributed by atoms with Gasteiger partial charge in [-0.2, -0.15) is 0 Å². The maximum absolute atomic E-state index is 5.33. The molecule has 2 aromatic carbocycles. The molecule has 0 heterocycles. The summed E-state index contributed by atoms with van der Waals surface area (Å²) in [5.74, 6) is 0.875. The second-order valence-corrected chi connectivity index (χ2v) is 6.26. The average molecular weight is 379 g/mol. The molecule has 2 rings (SSSR count). The number of anilines is 1. The zero-order valence-electron chi connectivity index (χ0n) is 12.7. The highest BCUT2D eigenvalue weighted by atomic mass is 79.9. The fraction of sp³-hybridized carbons (Fsp3) is 0.235. The van der Waals surface area contributed by atoms with E-state index in [2.05, 4.69) is 44.8 Å². The molecule has 0 bridgehead atoms. The van der Waals surface area contributed by atoms with Crippen LogP contribution >= 0.6 is 28.1 Å². The normalized spacial score (nSPS) is 10.1. The summed E-state index contributed by atoms with van der Waals surface area (Å²) in [5.41, 5.74) is 3.41. The number of aryl methyl sites for hydroxylation is 1. The van der Waals surface area contributed by atoms with Gasteiger partial charge in [0.1, 0.15) is 5.75 Å². The summed E-state index contributed by atoms with van der Waals surface area (Å²) in [6, 6.07) is 14.1. The van der Waals surface area contributed by atoms with Gasteiger partial charge in [-0.25, -0.2) is 0 Å². The molecular formula is C17H19BrN2OS. The molecular weight excluding hydrogens is 360 g/mol. The van der Waals surface area contributed by atoms with Crippen molar-refractivity contribution in [3.8, 4) is 5.75 Å². The van der Waals surface area contributed by atoms with Crippen LogP contribution in [0.1, 0.15) is 11.1 Å². The van der Waals surface area contributed by atoms with E-state index in [9.17, 15) is 0 Å². The van der Waals surface area contributed by atoms with Gasteiger partial charge >= 0.3 is 0 Å². The Morgan fingerprint density at radius 1 is 1.18 bits per heavy atom. The van der Waals surface area contributed by atoms with Crippen molar-refractivity contribution < 1.29 is 4.74 Å². The van der Waals surface area contributed by atoms with Gasteiger partial charge in [-0.3, -0.25) is 0 Å². The van der Waals surface area contributed by atoms with E-state index >= 15 is 0 Å². The maximum Gasteiger partial charge on any atom is 0.170 e. The van der Waals surface area contributed by atoms with E-state index in [4.69, 9.17) is 17.0 Å². The second kappa shape index (κ2) is 8.15. The van der Waals surface area contributed by atoms with Crippen molar-refractivity contribution in [2.24, 2.45) is 0 Å². The van der Waals surface area contributed by atoms with Gasteiger partial charge < -0.3 is 15.4 Å². The summed E-state index contributed by atoms with van der Waals surface area (Å²) < 4.78 is 6.21. The molecule has 0 radical (unpaired) electrons. The Balaban J connectivity index is 1.79. The van der Waals surface area contributed by atoms with E-state index in [1.807, 2.05) is 31.2 Å². The molecule has 0 atom stereocenters. The zero-order chi connectivity index (χ0) is 15.9. The van der Waals surface area contributed by atoms with E-state index in [0.717, 1.165) is 34.4 Å². The second-order valence-electron chi connectivity index (χ2n) is 4.94. The number of thiocarbonyl (C=S) groups is 1. The van der Waals surface area contributed by atoms with Crippen LogP contribution in [-0.2, 0) is 6.42 Å². The molecule has 0 spiro atoms. The van der Waals surface area contributed by atoms with Gasteiger partial charge in [-0.1, -0.05) is 28.1 Å². The molecule has 0 aliphatic rings. The predicted molar refractivity (Wildman–Crippen MR) is 99.8 cm³/mol. The molecule has 0 saturated carbocycles. The monoisotopic (exact) mass is 378 g/mol. The lowest BCUT2D eigenvalue weighted by Crippen LogP contribution is -2.30. The first-order valence-corrected chi connectivity index (χ1v) is 8.22. The third kappa shape index (κ3) is 5.00. The van der Waals surface area contributed by atoms with Gasteiger partial charge in [-0.15, -0.1) is 0 Å². The molecule has 3 nitrogen and oxygen atoms in total. The molecule has 0 aromatic heterocycles. The zero-order valence-corrected chi connectivity index (χ0v) is 15.1. The third-order valence-electron chi connectivity index (χ3n) is 3.29. The van der Waals surface area contributed by atoms with Crippen LogP contribution in [0.2, 0.25) is 0 Å². The van der Waals surface area contributed by atoms with E-state index < -0.39 is 0 Å². The number of methoxy groups -OCH3 is 1. The van der Waals surface area contributed by atoms with E-state index in [0.29, 0.717) is 5.11 Å². The quantitative estimate of drug-likeness (QED) is 0.760. The summed E-state index contributed by atoms with van der Waals surface area (Å²) in [5, 5.41) is 7.09. The number of ether oxygens (including phenoxy) is 1. The number of rotatable bonds is 5. The Morgan fingerprint density at radius 3 is 2.55 bits per heavy atom. The smallest absolute Gasteiger partial charge is 0.170 e. The van der Waals surface area contributed by atoms with Crippen molar-refractivity contribution >= 4 is 38.9 Å². The topological polar surface area (TPSA) is 33.3 Å². The molecule has 0 aliphatic carbocycles. The lowest BCUT2D eigenvalue weighted by atomic mass is 10.1. The Hall–Kier alpha value is -1.59. The Morgan fingerprint density at radius 2 is 1.91 bits per heavy atom. The Bertz CT molecular complexity index is 644. The van der Waals surface area contributed by atoms with Gasteiger partial charge in [0.25, 0.3) is 0 Å². The number of benzene rings is 2. The molecule has 2 N–H and O–H groups in total. The molecule has 0 unspecified atom stereocenters. The first-order valence-electron chi connectivity index (χ1n) is 7.02. The largest absolute Gasteiger partial charge is 0.497 e. The highest BCUT2D eigenvalue weighted by Crippen LogP contribution is 2.19. The molecule has 22 heavy (non-hydrogen) atoms. The standard InChI is InChI=1S/C17H19BrN2OS/c1-12-11-14(18)5-8-16(12)20-17(22)19-10-9-13-3-6-15(21-2)7-4-13/h3-8,11H,9-10H2,1-2H3,(H2,19,20,22). The van der Waals surface area contributed by atoms with Crippen molar-refractivity contribution in [2.75, 3.05) is 19.0 Å². The van der Waals surface area contributed by atoms with Crippen LogP contribution in [0.25, 0.3) is 0 Å². The first-order chi connectivity index (χ1) is 10.6. The van der Waals surface area contributed by atoms with Crippen LogP contribution in [0.5, 0.6) is 5.75 Å². The fourth-order valence-corrected chi connectivity index (χ4v) is 2.73. The number of nitrogens with one attached hydrogen (secondary N) is 2. The summed E-state index contributed by atoms with van der Waals surface area (Å²) >= 11 is 8.78. The molecule has 2 aromatic rings. The van der Waals surface area contributed by atoms with Gasteiger partial charge in [0.2, 0.25) is 0 Å². The predicted octanol–water partition coefficient (Wildman–Crippen LogP) is 4.30. The molecule has 0 amide bonds. The molecule has 116 valence electrons. The highest BCUT2D eigenvalue weighted by Gasteiger charge is 2.02. The van der Waals surface area contributed by atoms with E-state index in [-0.39, 0.29) is 0 Å². The molecule has 0 saturated heterocycles. The Kier molecular flexibility index (Phi) is 6.21. The number of hydrogen-bond acceptors (Lipinski definition) is 2. The lowest BCUT2D eigenvalue weighted by Gasteiger charge is -2.13. The van der Waals surface area contributed by atoms with Crippen LogP contribution in [0.4, 0.5) is 5.69 Å². The van der Waals surface area contributed by atoms with Gasteiger partial charge in [0.05, 0.1) is 7.11 Å². The van der Waals surface area contributed by atoms with Crippen LogP contribution in [0.3, 0.4) is 0 Å². The van der Waals surface area contributed by atoms with Crippen LogP contribution in [0.15, 0.2) is 46.9 Å². The minimum Gasteiger partial charge on any atom is -0.497 e. The van der Waals surface area contributed by atoms with Crippen molar-refractivity contribution in [1.82, 2.24) is 5.32 Å². The highest BCUT2D eigenvalue weighted by molar-refractivity contribution is 9.10. The summed E-state index contributed by atoms with van der Waals surface area (Å²) in [4.78, 5) is 0. The summed E-state index contributed by atoms with van der Waals surface area (Å²) in [6.45, 7) is 2.83. The molecule has 0 aliphatic heterocycles. The van der Waals surface area contributed by atoms with Crippen molar-refractivity contribution in [3.05, 3.63) is 58.1 Å². The number of halogens is 1. The first kappa shape index (κ1) is 16.8.